The fourth-order valence-corrected chi connectivity index (χ4v) is 1.66. The van der Waals surface area contributed by atoms with Gasteiger partial charge in [0.1, 0.15) is 0 Å². The highest BCUT2D eigenvalue weighted by molar-refractivity contribution is 9.10. The van der Waals surface area contributed by atoms with Crippen LogP contribution in [0.1, 0.15) is 10.4 Å². The number of aromatic nitrogens is 2. The second-order valence-corrected chi connectivity index (χ2v) is 4.19. The van der Waals surface area contributed by atoms with E-state index >= 15 is 0 Å². The van der Waals surface area contributed by atoms with E-state index in [0.717, 1.165) is 10.2 Å². The van der Waals surface area contributed by atoms with Crippen LogP contribution in [-0.2, 0) is 0 Å². The van der Waals surface area contributed by atoms with Crippen LogP contribution in [-0.4, -0.2) is 21.3 Å². The molecule has 0 saturated carbocycles. The summed E-state index contributed by atoms with van der Waals surface area (Å²) in [6.45, 7) is 0. The SMILES string of the molecule is O=C(O)c1cnnc(Nc2cccc(Br)c2)c1. The molecule has 0 bridgehead atoms. The maximum absolute atomic E-state index is 10.8. The van der Waals surface area contributed by atoms with Crippen molar-refractivity contribution in [3.05, 3.63) is 46.6 Å². The van der Waals surface area contributed by atoms with Gasteiger partial charge in [0, 0.05) is 10.2 Å². The molecule has 0 saturated heterocycles. The predicted octanol–water partition coefficient (Wildman–Crippen LogP) is 2.68. The molecule has 0 amide bonds. The minimum absolute atomic E-state index is 0.0949. The lowest BCUT2D eigenvalue weighted by Gasteiger charge is -2.05. The van der Waals surface area contributed by atoms with Crippen molar-refractivity contribution in [1.29, 1.82) is 0 Å². The average Bonchev–Trinajstić information content (AvgIpc) is 2.29. The topological polar surface area (TPSA) is 75.1 Å². The average molecular weight is 294 g/mol. The normalized spacial score (nSPS) is 9.94. The summed E-state index contributed by atoms with van der Waals surface area (Å²) in [5.74, 6) is -0.639. The summed E-state index contributed by atoms with van der Waals surface area (Å²) in [6.07, 6.45) is 1.20. The number of nitrogens with zero attached hydrogens (tertiary/aromatic N) is 2. The summed E-state index contributed by atoms with van der Waals surface area (Å²) in [4.78, 5) is 10.8. The summed E-state index contributed by atoms with van der Waals surface area (Å²) in [5, 5.41) is 19.2. The molecular formula is C11H8BrN3O2. The summed E-state index contributed by atoms with van der Waals surface area (Å²) in [6, 6.07) is 8.89. The Morgan fingerprint density at radius 2 is 2.18 bits per heavy atom. The molecule has 0 radical (unpaired) electrons. The van der Waals surface area contributed by atoms with Crippen LogP contribution in [0.2, 0.25) is 0 Å². The molecule has 1 aromatic carbocycles. The Labute approximate surface area is 106 Å². The van der Waals surface area contributed by atoms with Gasteiger partial charge in [-0.05, 0) is 24.3 Å². The lowest BCUT2D eigenvalue weighted by molar-refractivity contribution is 0.0696. The summed E-state index contributed by atoms with van der Waals surface area (Å²) < 4.78 is 0.921. The molecule has 0 atom stereocenters. The van der Waals surface area contributed by atoms with E-state index in [4.69, 9.17) is 5.11 Å². The Balaban J connectivity index is 2.24. The number of carboxylic acids is 1. The third-order valence-electron chi connectivity index (χ3n) is 2.00. The summed E-state index contributed by atoms with van der Waals surface area (Å²) >= 11 is 3.34. The molecular weight excluding hydrogens is 286 g/mol. The number of halogens is 1. The van der Waals surface area contributed by atoms with Crippen molar-refractivity contribution in [1.82, 2.24) is 10.2 Å². The quantitative estimate of drug-likeness (QED) is 0.910. The Morgan fingerprint density at radius 1 is 1.35 bits per heavy atom. The zero-order chi connectivity index (χ0) is 12.3. The molecule has 17 heavy (non-hydrogen) atoms. The monoisotopic (exact) mass is 293 g/mol. The maximum Gasteiger partial charge on any atom is 0.337 e. The van der Waals surface area contributed by atoms with Crippen LogP contribution < -0.4 is 5.32 Å². The van der Waals surface area contributed by atoms with Crippen LogP contribution in [0.15, 0.2) is 41.0 Å². The Hall–Kier alpha value is -1.95. The van der Waals surface area contributed by atoms with E-state index in [0.29, 0.717) is 5.82 Å². The highest BCUT2D eigenvalue weighted by Crippen LogP contribution is 2.19. The molecule has 1 heterocycles. The fourth-order valence-electron chi connectivity index (χ4n) is 1.26. The van der Waals surface area contributed by atoms with E-state index in [2.05, 4.69) is 31.4 Å². The number of nitrogens with one attached hydrogen (secondary N) is 1. The molecule has 0 spiro atoms. The van der Waals surface area contributed by atoms with Gasteiger partial charge in [-0.25, -0.2) is 4.79 Å². The van der Waals surface area contributed by atoms with Crippen LogP contribution in [0, 0.1) is 0 Å². The smallest absolute Gasteiger partial charge is 0.337 e. The van der Waals surface area contributed by atoms with Gasteiger partial charge in [0.2, 0.25) is 0 Å². The molecule has 0 unspecified atom stereocenters. The van der Waals surface area contributed by atoms with Crippen molar-refractivity contribution in [3.63, 3.8) is 0 Å². The highest BCUT2D eigenvalue weighted by Gasteiger charge is 2.05. The number of aromatic carboxylic acids is 1. The van der Waals surface area contributed by atoms with Gasteiger partial charge >= 0.3 is 5.97 Å². The molecule has 2 N–H and O–H groups in total. The minimum atomic E-state index is -1.03. The van der Waals surface area contributed by atoms with E-state index in [-0.39, 0.29) is 5.56 Å². The number of anilines is 2. The molecule has 2 aromatic rings. The summed E-state index contributed by atoms with van der Waals surface area (Å²) in [7, 11) is 0. The van der Waals surface area contributed by atoms with Crippen molar-refractivity contribution >= 4 is 33.4 Å². The minimum Gasteiger partial charge on any atom is -0.478 e. The van der Waals surface area contributed by atoms with Crippen LogP contribution >= 0.6 is 15.9 Å². The molecule has 1 aromatic heterocycles. The number of hydrogen-bond donors (Lipinski definition) is 2. The number of benzene rings is 1. The third kappa shape index (κ3) is 3.01. The number of carboxylic acid groups (broad SMARTS) is 1. The second-order valence-electron chi connectivity index (χ2n) is 3.27. The van der Waals surface area contributed by atoms with Gasteiger partial charge in [0.25, 0.3) is 0 Å². The van der Waals surface area contributed by atoms with Gasteiger partial charge in [-0.3, -0.25) is 0 Å². The Kier molecular flexibility index (Phi) is 3.34. The van der Waals surface area contributed by atoms with Gasteiger partial charge in [0.15, 0.2) is 5.82 Å². The molecule has 0 aliphatic carbocycles. The van der Waals surface area contributed by atoms with Gasteiger partial charge in [-0.15, -0.1) is 5.10 Å². The molecule has 0 fully saturated rings. The van der Waals surface area contributed by atoms with Gasteiger partial charge in [0.05, 0.1) is 11.8 Å². The number of rotatable bonds is 3. The zero-order valence-electron chi connectivity index (χ0n) is 8.59. The van der Waals surface area contributed by atoms with Crippen LogP contribution in [0.25, 0.3) is 0 Å². The van der Waals surface area contributed by atoms with Crippen molar-refractivity contribution < 1.29 is 9.90 Å². The zero-order valence-corrected chi connectivity index (χ0v) is 10.2. The first-order valence-corrected chi connectivity index (χ1v) is 5.53. The predicted molar refractivity (Wildman–Crippen MR) is 66.4 cm³/mol. The molecule has 5 nitrogen and oxygen atoms in total. The van der Waals surface area contributed by atoms with Gasteiger partial charge in [-0.2, -0.15) is 5.10 Å². The molecule has 2 rings (SSSR count). The summed E-state index contributed by atoms with van der Waals surface area (Å²) in [5.41, 5.74) is 0.897. The van der Waals surface area contributed by atoms with E-state index in [1.807, 2.05) is 24.3 Å². The van der Waals surface area contributed by atoms with E-state index in [1.54, 1.807) is 0 Å². The number of carbonyl (C=O) groups is 1. The first kappa shape index (κ1) is 11.5. The highest BCUT2D eigenvalue weighted by atomic mass is 79.9. The van der Waals surface area contributed by atoms with Crippen LogP contribution in [0.5, 0.6) is 0 Å². The van der Waals surface area contributed by atoms with E-state index < -0.39 is 5.97 Å². The van der Waals surface area contributed by atoms with Crippen LogP contribution in [0.4, 0.5) is 11.5 Å². The van der Waals surface area contributed by atoms with Gasteiger partial charge < -0.3 is 10.4 Å². The largest absolute Gasteiger partial charge is 0.478 e. The van der Waals surface area contributed by atoms with Crippen molar-refractivity contribution in [3.8, 4) is 0 Å². The lowest BCUT2D eigenvalue weighted by atomic mass is 10.3. The number of hydrogen-bond acceptors (Lipinski definition) is 4. The molecule has 86 valence electrons. The Morgan fingerprint density at radius 3 is 2.88 bits per heavy atom. The van der Waals surface area contributed by atoms with E-state index in [9.17, 15) is 4.79 Å². The first-order valence-electron chi connectivity index (χ1n) is 4.74. The van der Waals surface area contributed by atoms with Crippen LogP contribution in [0.3, 0.4) is 0 Å². The molecule has 0 aliphatic rings. The Bertz CT molecular complexity index is 560. The van der Waals surface area contributed by atoms with E-state index in [1.165, 1.54) is 12.3 Å². The molecule has 0 aliphatic heterocycles. The van der Waals surface area contributed by atoms with Crippen molar-refractivity contribution in [2.45, 2.75) is 0 Å². The third-order valence-corrected chi connectivity index (χ3v) is 2.49. The maximum atomic E-state index is 10.8. The fraction of sp³-hybridized carbons (Fsp3) is 0. The molecule has 6 heteroatoms. The van der Waals surface area contributed by atoms with Gasteiger partial charge in [-0.1, -0.05) is 22.0 Å². The first-order chi connectivity index (χ1) is 8.15. The van der Waals surface area contributed by atoms with Crippen molar-refractivity contribution in [2.24, 2.45) is 0 Å². The standard InChI is InChI=1S/C11H8BrN3O2/c12-8-2-1-3-9(5-8)14-10-4-7(11(16)17)6-13-15-10/h1-6H,(H,14,15)(H,16,17). The van der Waals surface area contributed by atoms with Crippen molar-refractivity contribution in [2.75, 3.05) is 5.32 Å². The second kappa shape index (κ2) is 4.92. The lowest BCUT2D eigenvalue weighted by Crippen LogP contribution is -2.01.